The molecule has 1 atom stereocenters. The van der Waals surface area contributed by atoms with Crippen molar-refractivity contribution in [3.63, 3.8) is 0 Å². The number of thiophene rings is 1. The van der Waals surface area contributed by atoms with Crippen molar-refractivity contribution in [1.82, 2.24) is 14.4 Å². The molecule has 6 nitrogen and oxygen atoms in total. The Morgan fingerprint density at radius 2 is 2.12 bits per heavy atom. The van der Waals surface area contributed by atoms with E-state index < -0.39 is 0 Å². The first-order chi connectivity index (χ1) is 15.7. The number of carbonyl (C=O) groups excluding carboxylic acids is 1. The topological polar surface area (TPSA) is 59.7 Å². The van der Waals surface area contributed by atoms with Gasteiger partial charge in [0, 0.05) is 57.6 Å². The Morgan fingerprint density at radius 1 is 1.25 bits per heavy atom. The first-order valence-corrected chi connectivity index (χ1v) is 12.7. The van der Waals surface area contributed by atoms with Crippen molar-refractivity contribution in [3.05, 3.63) is 47.7 Å². The predicted octanol–water partition coefficient (Wildman–Crippen LogP) is 5.30. The van der Waals surface area contributed by atoms with Gasteiger partial charge in [-0.05, 0) is 37.7 Å². The molecule has 1 aromatic carbocycles. The minimum Gasteiger partial charge on any atom is -0.378 e. The first-order valence-electron chi connectivity index (χ1n) is 11.0. The second kappa shape index (κ2) is 7.86. The van der Waals surface area contributed by atoms with Crippen LogP contribution in [0.2, 0.25) is 0 Å². The molecule has 1 spiro atoms. The molecule has 0 unspecified atom stereocenters. The number of rotatable bonds is 4. The van der Waals surface area contributed by atoms with Crippen LogP contribution in [0.5, 0.6) is 0 Å². The maximum Gasteiger partial charge on any atom is 0.211 e. The van der Waals surface area contributed by atoms with E-state index in [4.69, 9.17) is 9.72 Å². The zero-order valence-corrected chi connectivity index (χ0v) is 19.5. The van der Waals surface area contributed by atoms with Gasteiger partial charge in [-0.15, -0.1) is 11.3 Å². The van der Waals surface area contributed by atoms with Crippen LogP contribution in [0.15, 0.2) is 52.0 Å². The summed E-state index contributed by atoms with van der Waals surface area (Å²) in [6.45, 7) is 5.06. The molecule has 2 aliphatic rings. The maximum atomic E-state index is 11.3. The van der Waals surface area contributed by atoms with Crippen molar-refractivity contribution >= 4 is 51.1 Å². The van der Waals surface area contributed by atoms with Crippen molar-refractivity contribution in [2.45, 2.75) is 42.1 Å². The number of fused-ring (bicyclic) bond motifs is 2. The molecule has 0 amide bonds. The van der Waals surface area contributed by atoms with Gasteiger partial charge in [0.15, 0.2) is 11.9 Å². The van der Waals surface area contributed by atoms with Crippen LogP contribution in [0.25, 0.3) is 15.7 Å². The molecule has 2 fully saturated rings. The number of aldehydes is 1. The van der Waals surface area contributed by atoms with Gasteiger partial charge >= 0.3 is 0 Å². The Morgan fingerprint density at radius 3 is 2.91 bits per heavy atom. The Hall–Kier alpha value is -2.42. The lowest BCUT2D eigenvalue weighted by Crippen LogP contribution is -2.41. The van der Waals surface area contributed by atoms with Crippen LogP contribution in [-0.4, -0.2) is 46.5 Å². The number of anilines is 1. The van der Waals surface area contributed by atoms with Gasteiger partial charge in [-0.25, -0.2) is 9.97 Å². The molecule has 8 heteroatoms. The van der Waals surface area contributed by atoms with Crippen molar-refractivity contribution < 1.29 is 9.53 Å². The van der Waals surface area contributed by atoms with Crippen LogP contribution in [0.3, 0.4) is 0 Å². The lowest BCUT2D eigenvalue weighted by Gasteiger charge is -2.39. The zero-order valence-electron chi connectivity index (χ0n) is 17.9. The number of carbonyl (C=O) groups is 1. The number of hydrogen-bond acceptors (Lipinski definition) is 7. The van der Waals surface area contributed by atoms with Gasteiger partial charge in [-0.3, -0.25) is 9.20 Å². The Labute approximate surface area is 194 Å². The van der Waals surface area contributed by atoms with Crippen molar-refractivity contribution in [3.8, 4) is 0 Å². The third kappa shape index (κ3) is 3.32. The molecular formula is C24H24N4O2S2. The molecule has 3 aromatic heterocycles. The van der Waals surface area contributed by atoms with Gasteiger partial charge in [0.05, 0.1) is 17.6 Å². The summed E-state index contributed by atoms with van der Waals surface area (Å²) in [6.07, 6.45) is 10.6. The first kappa shape index (κ1) is 20.2. The lowest BCUT2D eigenvalue weighted by atomic mass is 9.77. The summed E-state index contributed by atoms with van der Waals surface area (Å²) in [7, 11) is 0. The summed E-state index contributed by atoms with van der Waals surface area (Å²) in [5.74, 6) is 0.959. The number of benzene rings is 1. The van der Waals surface area contributed by atoms with Crippen molar-refractivity contribution in [2.24, 2.45) is 5.41 Å². The highest BCUT2D eigenvalue weighted by molar-refractivity contribution is 8.00. The smallest absolute Gasteiger partial charge is 0.211 e. The number of nitrogens with zero attached hydrogens (tertiary/aromatic N) is 4. The molecular weight excluding hydrogens is 440 g/mol. The summed E-state index contributed by atoms with van der Waals surface area (Å²) in [6, 6.07) is 6.11. The fourth-order valence-electron chi connectivity index (χ4n) is 5.11. The van der Waals surface area contributed by atoms with E-state index in [1.165, 1.54) is 6.42 Å². The molecule has 0 aliphatic carbocycles. The quantitative estimate of drug-likeness (QED) is 0.382. The van der Waals surface area contributed by atoms with Gasteiger partial charge < -0.3 is 9.64 Å². The highest BCUT2D eigenvalue weighted by Crippen LogP contribution is 2.43. The molecule has 2 saturated heterocycles. The molecule has 6 rings (SSSR count). The van der Waals surface area contributed by atoms with Gasteiger partial charge in [0.2, 0.25) is 5.95 Å². The van der Waals surface area contributed by atoms with E-state index in [1.54, 1.807) is 23.1 Å². The lowest BCUT2D eigenvalue weighted by molar-refractivity contribution is 0.0975. The molecule has 0 bridgehead atoms. The summed E-state index contributed by atoms with van der Waals surface area (Å²) < 4.78 is 9.12. The number of hydrogen-bond donors (Lipinski definition) is 0. The third-order valence-corrected chi connectivity index (χ3v) is 9.06. The predicted molar refractivity (Wildman–Crippen MR) is 128 cm³/mol. The second-order valence-corrected chi connectivity index (χ2v) is 10.9. The minimum absolute atomic E-state index is 0.347. The highest BCUT2D eigenvalue weighted by atomic mass is 32.2. The highest BCUT2D eigenvalue weighted by Gasteiger charge is 2.41. The molecule has 2 aliphatic heterocycles. The number of imidazole rings is 1. The van der Waals surface area contributed by atoms with Gasteiger partial charge in [0.25, 0.3) is 0 Å². The van der Waals surface area contributed by atoms with Gasteiger partial charge in [0.1, 0.15) is 0 Å². The summed E-state index contributed by atoms with van der Waals surface area (Å²) >= 11 is 3.27. The van der Waals surface area contributed by atoms with Gasteiger partial charge in [-0.2, -0.15) is 0 Å². The van der Waals surface area contributed by atoms with Crippen LogP contribution in [0.1, 0.15) is 36.5 Å². The van der Waals surface area contributed by atoms with Gasteiger partial charge in [-0.1, -0.05) is 23.9 Å². The van der Waals surface area contributed by atoms with E-state index >= 15 is 0 Å². The SMILES string of the molecule is C[C@H]1CC2(CCN(c3ncc(Sc4cccc5c(C=O)csc45)c4nccn34)CC2)CO1. The van der Waals surface area contributed by atoms with E-state index in [1.807, 2.05) is 36.1 Å². The normalized spacial score (nSPS) is 20.5. The standard InChI is InChI=1S/C24H24N4O2S2/c1-16-11-24(15-30-16)5-8-27(9-6-24)23-26-12-20(22-25-7-10-28(22)23)32-19-4-2-3-18-17(13-29)14-31-21(18)19/h2-4,7,10,12-14,16H,5-6,8-9,11,15H2,1H3/t16-/m0/s1. The molecule has 4 aromatic rings. The number of piperidine rings is 1. The molecule has 5 heterocycles. The average Bonchev–Trinajstić information content (AvgIpc) is 3.54. The van der Waals surface area contributed by atoms with Crippen LogP contribution in [0.4, 0.5) is 5.95 Å². The Kier molecular flexibility index (Phi) is 4.97. The molecule has 0 saturated carbocycles. The van der Waals surface area contributed by atoms with E-state index in [9.17, 15) is 4.79 Å². The number of aromatic nitrogens is 3. The molecule has 164 valence electrons. The van der Waals surface area contributed by atoms with E-state index in [0.29, 0.717) is 11.5 Å². The van der Waals surface area contributed by atoms with Crippen LogP contribution >= 0.6 is 23.1 Å². The fraction of sp³-hybridized carbons (Fsp3) is 0.375. The largest absolute Gasteiger partial charge is 0.378 e. The van der Waals surface area contributed by atoms with Crippen molar-refractivity contribution in [1.29, 1.82) is 0 Å². The third-order valence-electron chi connectivity index (χ3n) is 6.82. The molecule has 0 radical (unpaired) electrons. The van der Waals surface area contributed by atoms with E-state index in [-0.39, 0.29) is 0 Å². The average molecular weight is 465 g/mol. The maximum absolute atomic E-state index is 11.3. The Balaban J connectivity index is 1.29. The minimum atomic E-state index is 0.347. The fourth-order valence-corrected chi connectivity index (χ4v) is 7.23. The van der Waals surface area contributed by atoms with E-state index in [2.05, 4.69) is 27.3 Å². The van der Waals surface area contributed by atoms with E-state index in [0.717, 1.165) is 75.9 Å². The Bertz CT molecular complexity index is 1310. The molecule has 0 N–H and O–H groups in total. The summed E-state index contributed by atoms with van der Waals surface area (Å²) in [4.78, 5) is 25.4. The van der Waals surface area contributed by atoms with Crippen LogP contribution in [-0.2, 0) is 4.74 Å². The van der Waals surface area contributed by atoms with Crippen LogP contribution < -0.4 is 4.90 Å². The summed E-state index contributed by atoms with van der Waals surface area (Å²) in [5.41, 5.74) is 2.01. The number of ether oxygens (including phenoxy) is 1. The molecule has 32 heavy (non-hydrogen) atoms. The van der Waals surface area contributed by atoms with Crippen molar-refractivity contribution in [2.75, 3.05) is 24.6 Å². The summed E-state index contributed by atoms with van der Waals surface area (Å²) in [5, 5.41) is 2.93. The zero-order chi connectivity index (χ0) is 21.7. The monoisotopic (exact) mass is 464 g/mol. The van der Waals surface area contributed by atoms with Crippen LogP contribution in [0, 0.1) is 5.41 Å². The second-order valence-electron chi connectivity index (χ2n) is 8.90.